The first-order valence-corrected chi connectivity index (χ1v) is 15.7. The Hall–Kier alpha value is -2.86. The highest BCUT2D eigenvalue weighted by Crippen LogP contribution is 2.53. The number of terminal acetylenes is 1. The van der Waals surface area contributed by atoms with Gasteiger partial charge in [0, 0.05) is 17.3 Å². The molecule has 9 heteroatoms. The molecule has 0 amide bonds. The number of aromatic nitrogens is 1. The summed E-state index contributed by atoms with van der Waals surface area (Å²) in [7, 11) is -3.67. The molecule has 0 spiro atoms. The number of carboxylic acids is 1. The summed E-state index contributed by atoms with van der Waals surface area (Å²) >= 11 is 6.21. The van der Waals surface area contributed by atoms with Crippen molar-refractivity contribution in [3.05, 3.63) is 51.3 Å². The zero-order chi connectivity index (χ0) is 31.7. The molecule has 1 aliphatic carbocycles. The molecule has 0 saturated heterocycles. The van der Waals surface area contributed by atoms with Crippen molar-refractivity contribution < 1.29 is 23.4 Å². The van der Waals surface area contributed by atoms with Crippen LogP contribution in [0.5, 0.6) is 0 Å². The van der Waals surface area contributed by atoms with E-state index < -0.39 is 27.6 Å². The number of anilines is 1. The van der Waals surface area contributed by atoms with Gasteiger partial charge in [-0.2, -0.15) is 0 Å². The second-order valence-electron chi connectivity index (χ2n) is 12.5. The molecule has 7 nitrogen and oxygen atoms in total. The van der Waals surface area contributed by atoms with Crippen molar-refractivity contribution in [1.82, 2.24) is 4.98 Å². The van der Waals surface area contributed by atoms with Crippen molar-refractivity contribution in [3.8, 4) is 24.0 Å². The largest absolute Gasteiger partial charge is 0.481 e. The lowest BCUT2D eigenvalue weighted by Gasteiger charge is -2.40. The fourth-order valence-corrected chi connectivity index (χ4v) is 6.95. The standard InChI is InChI=1S/C26H31ClN2O4S.C4H10O.C2H2/c1-14-18(12-22(30)31)23(17-7-9-26(4,5)10-8-17)15(2)24-20-13-28-21(27)11-19(20)16(3)29(25(14)24)34(6,32)33;1-4(2,3)5;1-2/h7,11,13,16H,8-10,12H2,1-6H3,(H,30,31);5H,1-3H3;1-2H/t16-;;/m1../s1. The number of aliphatic carboxylic acids is 1. The van der Waals surface area contributed by atoms with Gasteiger partial charge in [-0.3, -0.25) is 9.10 Å². The Labute approximate surface area is 250 Å². The minimum absolute atomic E-state index is 0.173. The number of hydrogen-bond acceptors (Lipinski definition) is 5. The minimum Gasteiger partial charge on any atom is -0.481 e. The number of sulfonamides is 1. The van der Waals surface area contributed by atoms with Gasteiger partial charge in [-0.15, -0.1) is 12.8 Å². The fourth-order valence-electron chi connectivity index (χ4n) is 5.53. The minimum atomic E-state index is -3.67. The summed E-state index contributed by atoms with van der Waals surface area (Å²) in [5.41, 5.74) is 6.96. The molecule has 0 radical (unpaired) electrons. The van der Waals surface area contributed by atoms with Gasteiger partial charge in [-0.25, -0.2) is 13.4 Å². The molecule has 0 unspecified atom stereocenters. The predicted molar refractivity (Wildman–Crippen MR) is 169 cm³/mol. The van der Waals surface area contributed by atoms with Crippen LogP contribution in [0, 0.1) is 32.1 Å². The Balaban J connectivity index is 0.000000759. The normalized spacial score (nSPS) is 17.5. The first kappa shape index (κ1) is 34.3. The van der Waals surface area contributed by atoms with E-state index in [1.807, 2.05) is 20.8 Å². The molecule has 0 fully saturated rings. The number of benzene rings is 1. The van der Waals surface area contributed by atoms with Crippen LogP contribution in [0.15, 0.2) is 18.3 Å². The lowest BCUT2D eigenvalue weighted by atomic mass is 9.73. The number of carbonyl (C=O) groups is 1. The summed E-state index contributed by atoms with van der Waals surface area (Å²) in [4.78, 5) is 16.2. The number of carboxylic acid groups (broad SMARTS) is 1. The van der Waals surface area contributed by atoms with Crippen LogP contribution in [0.4, 0.5) is 5.69 Å². The van der Waals surface area contributed by atoms with Gasteiger partial charge in [0.15, 0.2) is 0 Å². The second-order valence-corrected chi connectivity index (χ2v) is 14.7. The summed E-state index contributed by atoms with van der Waals surface area (Å²) < 4.78 is 27.5. The van der Waals surface area contributed by atoms with E-state index in [-0.39, 0.29) is 11.8 Å². The van der Waals surface area contributed by atoms with Gasteiger partial charge in [0.25, 0.3) is 0 Å². The van der Waals surface area contributed by atoms with Gasteiger partial charge in [0.05, 0.1) is 30.0 Å². The van der Waals surface area contributed by atoms with E-state index in [2.05, 4.69) is 37.8 Å². The van der Waals surface area contributed by atoms with Crippen LogP contribution in [0.25, 0.3) is 16.7 Å². The molecule has 2 aliphatic rings. The summed E-state index contributed by atoms with van der Waals surface area (Å²) in [5, 5.41) is 18.6. The Morgan fingerprint density at radius 2 is 1.76 bits per heavy atom. The second kappa shape index (κ2) is 12.6. The molecular formula is C32H43ClN2O5S. The zero-order valence-corrected chi connectivity index (χ0v) is 27.2. The van der Waals surface area contributed by atoms with Crippen molar-refractivity contribution in [1.29, 1.82) is 0 Å². The third-order valence-electron chi connectivity index (χ3n) is 7.27. The molecule has 0 bridgehead atoms. The van der Waals surface area contributed by atoms with Gasteiger partial charge in [-0.05, 0) is 106 Å². The molecule has 0 saturated carbocycles. The third kappa shape index (κ3) is 7.91. The highest BCUT2D eigenvalue weighted by Gasteiger charge is 2.39. The number of nitrogens with zero attached hydrogens (tertiary/aromatic N) is 2. The van der Waals surface area contributed by atoms with Crippen molar-refractivity contribution in [2.75, 3.05) is 10.6 Å². The summed E-state index contributed by atoms with van der Waals surface area (Å²) in [6.07, 6.45) is 15.7. The topological polar surface area (TPSA) is 108 Å². The van der Waals surface area contributed by atoms with Crippen molar-refractivity contribution >= 4 is 38.9 Å². The van der Waals surface area contributed by atoms with Crippen molar-refractivity contribution in [2.45, 2.75) is 92.7 Å². The van der Waals surface area contributed by atoms with E-state index in [9.17, 15) is 18.3 Å². The monoisotopic (exact) mass is 602 g/mol. The van der Waals surface area contributed by atoms with Gasteiger partial charge in [0.2, 0.25) is 10.0 Å². The van der Waals surface area contributed by atoms with Crippen LogP contribution in [-0.4, -0.2) is 41.4 Å². The number of hydrogen-bond donors (Lipinski definition) is 2. The smallest absolute Gasteiger partial charge is 0.307 e. The maximum Gasteiger partial charge on any atom is 0.307 e. The van der Waals surface area contributed by atoms with Crippen LogP contribution < -0.4 is 4.31 Å². The maximum absolute atomic E-state index is 13.1. The van der Waals surface area contributed by atoms with E-state index in [0.717, 1.165) is 52.7 Å². The van der Waals surface area contributed by atoms with Crippen LogP contribution >= 0.6 is 11.6 Å². The SMILES string of the molecule is C#C.CC(C)(C)O.Cc1c(C2=CCC(C)(C)CC2)c(CC(=O)O)c(C)c2c1-c1cnc(Cl)cc1[C@@H](C)N2S(C)(=O)=O. The third-order valence-corrected chi connectivity index (χ3v) is 8.69. The molecule has 4 rings (SSSR count). The van der Waals surface area contributed by atoms with E-state index in [4.69, 9.17) is 16.7 Å². The summed E-state index contributed by atoms with van der Waals surface area (Å²) in [6, 6.07) is 1.22. The molecule has 41 heavy (non-hydrogen) atoms. The molecule has 1 aliphatic heterocycles. The molecular weight excluding hydrogens is 560 g/mol. The fraction of sp³-hybridized carbons (Fsp3) is 0.500. The molecule has 2 N–H and O–H groups in total. The number of aliphatic hydroxyl groups is 1. The van der Waals surface area contributed by atoms with Crippen molar-refractivity contribution in [3.63, 3.8) is 0 Å². The highest BCUT2D eigenvalue weighted by molar-refractivity contribution is 7.92. The van der Waals surface area contributed by atoms with E-state index in [0.29, 0.717) is 22.0 Å². The highest BCUT2D eigenvalue weighted by atomic mass is 35.5. The first-order valence-electron chi connectivity index (χ1n) is 13.5. The average Bonchev–Trinajstić information content (AvgIpc) is 2.82. The Kier molecular flexibility index (Phi) is 10.5. The average molecular weight is 603 g/mol. The Morgan fingerprint density at radius 3 is 2.22 bits per heavy atom. The summed E-state index contributed by atoms with van der Waals surface area (Å²) in [5.74, 6) is -0.941. The molecule has 1 aromatic heterocycles. The quantitative estimate of drug-likeness (QED) is 0.285. The number of pyridine rings is 1. The van der Waals surface area contributed by atoms with Crippen molar-refractivity contribution in [2.24, 2.45) is 5.41 Å². The lowest BCUT2D eigenvalue weighted by molar-refractivity contribution is -0.136. The van der Waals surface area contributed by atoms with E-state index in [1.165, 1.54) is 10.6 Å². The number of allylic oxidation sites excluding steroid dienone is 2. The Bertz CT molecular complexity index is 1480. The lowest BCUT2D eigenvalue weighted by Crippen LogP contribution is -2.37. The van der Waals surface area contributed by atoms with Crippen LogP contribution in [-0.2, 0) is 21.2 Å². The molecule has 2 heterocycles. The van der Waals surface area contributed by atoms with Gasteiger partial charge in [0.1, 0.15) is 5.15 Å². The first-order chi connectivity index (χ1) is 18.7. The number of fused-ring (bicyclic) bond motifs is 3. The maximum atomic E-state index is 13.1. The molecule has 2 aromatic rings. The van der Waals surface area contributed by atoms with Crippen LogP contribution in [0.1, 0.15) is 94.7 Å². The zero-order valence-electron chi connectivity index (χ0n) is 25.6. The van der Waals surface area contributed by atoms with Gasteiger partial charge < -0.3 is 10.2 Å². The molecule has 1 aromatic carbocycles. The Morgan fingerprint density at radius 1 is 1.20 bits per heavy atom. The van der Waals surface area contributed by atoms with E-state index >= 15 is 0 Å². The van der Waals surface area contributed by atoms with Crippen LogP contribution in [0.3, 0.4) is 0 Å². The summed E-state index contributed by atoms with van der Waals surface area (Å²) in [6.45, 7) is 15.3. The van der Waals surface area contributed by atoms with Gasteiger partial charge in [-0.1, -0.05) is 31.5 Å². The molecule has 224 valence electrons. The number of halogens is 1. The van der Waals surface area contributed by atoms with Gasteiger partial charge >= 0.3 is 5.97 Å². The van der Waals surface area contributed by atoms with E-state index in [1.54, 1.807) is 33.0 Å². The molecule has 1 atom stereocenters. The van der Waals surface area contributed by atoms with Crippen LogP contribution in [0.2, 0.25) is 5.15 Å². The number of rotatable bonds is 4. The predicted octanol–water partition coefficient (Wildman–Crippen LogP) is 7.11.